The first-order valence-electron chi connectivity index (χ1n) is 8.49. The molecule has 0 aliphatic heterocycles. The third-order valence-electron chi connectivity index (χ3n) is 3.88. The average molecular weight is 393 g/mol. The minimum Gasteiger partial charge on any atom is -0.465 e. The molecule has 0 fully saturated rings. The van der Waals surface area contributed by atoms with Crippen molar-refractivity contribution in [3.63, 3.8) is 0 Å². The summed E-state index contributed by atoms with van der Waals surface area (Å²) in [4.78, 5) is 35.9. The van der Waals surface area contributed by atoms with E-state index >= 15 is 0 Å². The number of amides is 1. The summed E-state index contributed by atoms with van der Waals surface area (Å²) in [5, 5.41) is 14.7. The van der Waals surface area contributed by atoms with E-state index in [4.69, 9.17) is 4.74 Å². The fraction of sp³-hybridized carbons (Fsp3) is 0.143. The smallest absolute Gasteiger partial charge is 0.339 e. The Kier molecular flexibility index (Phi) is 7.51. The number of carbonyl (C=O) groups excluding carboxylic acids is 3. The van der Waals surface area contributed by atoms with Gasteiger partial charge in [0.2, 0.25) is 0 Å². The molecule has 0 heterocycles. The molecule has 2 aromatic carbocycles. The Bertz CT molecular complexity index is 978. The van der Waals surface area contributed by atoms with Crippen LogP contribution in [0.4, 0.5) is 5.69 Å². The summed E-state index contributed by atoms with van der Waals surface area (Å²) in [5.41, 5.74) is 1.16. The number of hydrogen-bond acceptors (Lipinski definition) is 7. The molecule has 29 heavy (non-hydrogen) atoms. The molecule has 148 valence electrons. The molecule has 2 N–H and O–H groups in total. The first-order valence-corrected chi connectivity index (χ1v) is 8.49. The van der Waals surface area contributed by atoms with E-state index in [0.717, 1.165) is 11.8 Å². The zero-order valence-electron chi connectivity index (χ0n) is 15.9. The maximum absolute atomic E-state index is 12.3. The van der Waals surface area contributed by atoms with Crippen LogP contribution in [0.3, 0.4) is 0 Å². The Balaban J connectivity index is 2.21. The Morgan fingerprint density at radius 1 is 1.03 bits per heavy atom. The van der Waals surface area contributed by atoms with E-state index in [0.29, 0.717) is 0 Å². The summed E-state index contributed by atoms with van der Waals surface area (Å²) >= 11 is 0. The van der Waals surface area contributed by atoms with E-state index < -0.39 is 17.8 Å². The van der Waals surface area contributed by atoms with Crippen LogP contribution in [-0.2, 0) is 20.8 Å². The van der Waals surface area contributed by atoms with Crippen LogP contribution >= 0.6 is 0 Å². The molecule has 0 saturated carbocycles. The van der Waals surface area contributed by atoms with Gasteiger partial charge in [-0.1, -0.05) is 30.3 Å². The average Bonchev–Trinajstić information content (AvgIpc) is 2.77. The lowest BCUT2D eigenvalue weighted by molar-refractivity contribution is -0.117. The molecule has 1 amide bonds. The lowest BCUT2D eigenvalue weighted by Gasteiger charge is -2.10. The Morgan fingerprint density at radius 2 is 1.72 bits per heavy atom. The number of methoxy groups -OCH3 is 2. The number of ether oxygens (including phenoxy) is 2. The highest BCUT2D eigenvalue weighted by Crippen LogP contribution is 2.20. The minimum atomic E-state index is -0.649. The molecule has 0 bridgehead atoms. The highest BCUT2D eigenvalue weighted by molar-refractivity contribution is 6.00. The van der Waals surface area contributed by atoms with Gasteiger partial charge in [0, 0.05) is 12.7 Å². The first-order chi connectivity index (χ1) is 14.0. The summed E-state index contributed by atoms with van der Waals surface area (Å²) in [7, 11) is 2.45. The molecule has 0 atom stereocenters. The van der Waals surface area contributed by atoms with E-state index in [-0.39, 0.29) is 28.9 Å². The highest BCUT2D eigenvalue weighted by atomic mass is 16.5. The van der Waals surface area contributed by atoms with Crippen LogP contribution < -0.4 is 10.6 Å². The summed E-state index contributed by atoms with van der Waals surface area (Å²) in [6.07, 6.45) is 1.16. The second-order valence-corrected chi connectivity index (χ2v) is 5.73. The SMILES string of the molecule is COC(=O)c1ccc(C(=O)OC)c(N/C=C(/C#N)C(=O)NCc2ccccc2)c1. The van der Waals surface area contributed by atoms with Crippen molar-refractivity contribution in [3.05, 3.63) is 77.0 Å². The van der Waals surface area contributed by atoms with Crippen LogP contribution in [0.2, 0.25) is 0 Å². The number of rotatable bonds is 7. The van der Waals surface area contributed by atoms with Crippen LogP contribution in [0, 0.1) is 11.3 Å². The molecule has 0 aliphatic rings. The van der Waals surface area contributed by atoms with Gasteiger partial charge >= 0.3 is 11.9 Å². The maximum atomic E-state index is 12.3. The van der Waals surface area contributed by atoms with Gasteiger partial charge in [0.15, 0.2) is 0 Å². The Hall–Kier alpha value is -4.12. The van der Waals surface area contributed by atoms with Crippen LogP contribution in [0.5, 0.6) is 0 Å². The van der Waals surface area contributed by atoms with Crippen molar-refractivity contribution in [2.24, 2.45) is 0 Å². The number of hydrogen-bond donors (Lipinski definition) is 2. The van der Waals surface area contributed by atoms with Crippen molar-refractivity contribution in [1.29, 1.82) is 5.26 Å². The molecule has 2 aromatic rings. The predicted molar refractivity (Wildman–Crippen MR) is 105 cm³/mol. The zero-order valence-corrected chi connectivity index (χ0v) is 15.9. The van der Waals surface area contributed by atoms with E-state index in [9.17, 15) is 19.6 Å². The van der Waals surface area contributed by atoms with E-state index in [1.54, 1.807) is 6.07 Å². The van der Waals surface area contributed by atoms with Gasteiger partial charge in [-0.3, -0.25) is 4.79 Å². The van der Waals surface area contributed by atoms with Crippen molar-refractivity contribution < 1.29 is 23.9 Å². The fourth-order valence-corrected chi connectivity index (χ4v) is 2.37. The standard InChI is InChI=1S/C21H19N3O5/c1-28-20(26)15-8-9-17(21(27)29-2)18(10-15)23-13-16(11-22)19(25)24-12-14-6-4-3-5-7-14/h3-10,13,23H,12H2,1-2H3,(H,24,25)/b16-13-. The number of nitrogens with one attached hydrogen (secondary N) is 2. The largest absolute Gasteiger partial charge is 0.465 e. The quantitative estimate of drug-likeness (QED) is 0.421. The van der Waals surface area contributed by atoms with Gasteiger partial charge in [0.05, 0.1) is 31.0 Å². The normalized spacial score (nSPS) is 10.4. The van der Waals surface area contributed by atoms with Crippen molar-refractivity contribution >= 4 is 23.5 Å². The molecule has 2 rings (SSSR count). The zero-order chi connectivity index (χ0) is 21.2. The molecule has 0 radical (unpaired) electrons. The number of nitriles is 1. The number of anilines is 1. The van der Waals surface area contributed by atoms with Gasteiger partial charge in [-0.2, -0.15) is 5.26 Å². The van der Waals surface area contributed by atoms with E-state index in [2.05, 4.69) is 15.4 Å². The van der Waals surface area contributed by atoms with Crippen LogP contribution in [0.15, 0.2) is 60.3 Å². The monoisotopic (exact) mass is 393 g/mol. The van der Waals surface area contributed by atoms with Gasteiger partial charge in [0.1, 0.15) is 11.6 Å². The molecular weight excluding hydrogens is 374 g/mol. The fourth-order valence-electron chi connectivity index (χ4n) is 2.37. The molecule has 8 nitrogen and oxygen atoms in total. The van der Waals surface area contributed by atoms with Gasteiger partial charge in [-0.15, -0.1) is 0 Å². The number of carbonyl (C=O) groups is 3. The second-order valence-electron chi connectivity index (χ2n) is 5.73. The molecule has 0 saturated heterocycles. The van der Waals surface area contributed by atoms with Crippen molar-refractivity contribution in [2.75, 3.05) is 19.5 Å². The highest BCUT2D eigenvalue weighted by Gasteiger charge is 2.16. The Labute approximate surface area is 167 Å². The van der Waals surface area contributed by atoms with Gasteiger partial charge in [0.25, 0.3) is 5.91 Å². The molecule has 0 unspecified atom stereocenters. The summed E-state index contributed by atoms with van der Waals surface area (Å²) in [6.45, 7) is 0.254. The van der Waals surface area contributed by atoms with Crippen molar-refractivity contribution in [2.45, 2.75) is 6.54 Å². The predicted octanol–water partition coefficient (Wildman–Crippen LogP) is 2.40. The van der Waals surface area contributed by atoms with Crippen molar-refractivity contribution in [1.82, 2.24) is 5.32 Å². The van der Waals surface area contributed by atoms with Gasteiger partial charge in [-0.25, -0.2) is 9.59 Å². The summed E-state index contributed by atoms with van der Waals surface area (Å²) < 4.78 is 9.37. The number of benzene rings is 2. The summed E-state index contributed by atoms with van der Waals surface area (Å²) in [6, 6.07) is 15.2. The van der Waals surface area contributed by atoms with E-state index in [1.807, 2.05) is 30.3 Å². The van der Waals surface area contributed by atoms with E-state index in [1.165, 1.54) is 32.4 Å². The van der Waals surface area contributed by atoms with Gasteiger partial charge < -0.3 is 20.1 Å². The lowest BCUT2D eigenvalue weighted by atomic mass is 10.1. The van der Waals surface area contributed by atoms with Crippen LogP contribution in [0.25, 0.3) is 0 Å². The third-order valence-corrected chi connectivity index (χ3v) is 3.88. The van der Waals surface area contributed by atoms with Crippen LogP contribution in [-0.4, -0.2) is 32.1 Å². The molecule has 0 aromatic heterocycles. The van der Waals surface area contributed by atoms with Crippen molar-refractivity contribution in [3.8, 4) is 6.07 Å². The first kappa shape index (κ1) is 21.2. The number of esters is 2. The van der Waals surface area contributed by atoms with Gasteiger partial charge in [-0.05, 0) is 23.8 Å². The lowest BCUT2D eigenvalue weighted by Crippen LogP contribution is -2.24. The van der Waals surface area contributed by atoms with Crippen LogP contribution in [0.1, 0.15) is 26.3 Å². The maximum Gasteiger partial charge on any atom is 0.339 e. The molecule has 0 spiro atoms. The topological polar surface area (TPSA) is 118 Å². The summed E-state index contributed by atoms with van der Waals surface area (Å²) in [5.74, 6) is -1.84. The second kappa shape index (κ2) is 10.3. The Morgan fingerprint density at radius 3 is 2.34 bits per heavy atom. The molecule has 8 heteroatoms. The third kappa shape index (κ3) is 5.68. The number of nitrogens with zero attached hydrogens (tertiary/aromatic N) is 1. The molecule has 0 aliphatic carbocycles. The minimum absolute atomic E-state index is 0.124. The molecular formula is C21H19N3O5.